The van der Waals surface area contributed by atoms with Gasteiger partial charge in [0.2, 0.25) is 0 Å². The molecule has 17 heavy (non-hydrogen) atoms. The molecule has 0 unspecified atom stereocenters. The minimum atomic E-state index is -0.497. The number of nitriles is 1. The van der Waals surface area contributed by atoms with E-state index >= 15 is 0 Å². The fourth-order valence-corrected chi connectivity index (χ4v) is 1.70. The maximum absolute atomic E-state index is 13.8. The highest BCUT2D eigenvalue weighted by Crippen LogP contribution is 2.26. The number of benzene rings is 1. The Balaban J connectivity index is 2.17. The Hall–Kier alpha value is -1.94. The molecule has 0 fully saturated rings. The first-order chi connectivity index (χ1) is 8.22. The van der Waals surface area contributed by atoms with Gasteiger partial charge in [0.1, 0.15) is 18.2 Å². The molecule has 0 radical (unpaired) electrons. The molecule has 5 nitrogen and oxygen atoms in total. The molecule has 7 heteroatoms. The zero-order valence-electron chi connectivity index (χ0n) is 8.54. The molecule has 0 saturated carbocycles. The van der Waals surface area contributed by atoms with Gasteiger partial charge in [-0.25, -0.2) is 9.37 Å². The number of aromatic nitrogens is 3. The van der Waals surface area contributed by atoms with E-state index in [-0.39, 0.29) is 10.0 Å². The average Bonchev–Trinajstić information content (AvgIpc) is 2.84. The van der Waals surface area contributed by atoms with E-state index in [0.29, 0.717) is 18.1 Å². The molecule has 0 bridgehead atoms. The van der Waals surface area contributed by atoms with Crippen molar-refractivity contribution in [1.29, 1.82) is 5.26 Å². The number of hydrogen-bond acceptors (Lipinski definition) is 4. The van der Waals surface area contributed by atoms with Crippen LogP contribution in [0.3, 0.4) is 0 Å². The molecule has 0 aliphatic heterocycles. The minimum Gasteiger partial charge on any atom is -0.375 e. The minimum absolute atomic E-state index is 0.155. The summed E-state index contributed by atoms with van der Waals surface area (Å²) in [6.45, 7) is 0.329. The van der Waals surface area contributed by atoms with Crippen LogP contribution in [-0.2, 0) is 6.54 Å². The molecule has 2 rings (SSSR count). The third kappa shape index (κ3) is 2.42. The number of anilines is 1. The third-order valence-corrected chi connectivity index (χ3v) is 2.89. The maximum Gasteiger partial charge on any atom is 0.161 e. The van der Waals surface area contributed by atoms with Crippen LogP contribution in [0, 0.1) is 17.1 Å². The number of hydrogen-bond donors (Lipinski definition) is 2. The van der Waals surface area contributed by atoms with E-state index in [1.165, 1.54) is 18.5 Å². The highest BCUT2D eigenvalue weighted by Gasteiger charge is 2.10. The monoisotopic (exact) mass is 295 g/mol. The summed E-state index contributed by atoms with van der Waals surface area (Å²) in [7, 11) is 0. The third-order valence-electron chi connectivity index (χ3n) is 2.11. The van der Waals surface area contributed by atoms with E-state index in [0.717, 1.165) is 0 Å². The summed E-state index contributed by atoms with van der Waals surface area (Å²) in [6.07, 6.45) is 1.38. The molecule has 0 atom stereocenters. The molecule has 0 aliphatic carbocycles. The average molecular weight is 296 g/mol. The Morgan fingerprint density at radius 1 is 1.53 bits per heavy atom. The molecular formula is C10H7BrFN5. The van der Waals surface area contributed by atoms with Crippen molar-refractivity contribution in [3.63, 3.8) is 0 Å². The number of aromatic amines is 1. The second kappa shape index (κ2) is 4.93. The number of halogens is 2. The Morgan fingerprint density at radius 3 is 3.00 bits per heavy atom. The van der Waals surface area contributed by atoms with Crippen LogP contribution in [0.5, 0.6) is 0 Å². The van der Waals surface area contributed by atoms with Gasteiger partial charge in [0.05, 0.1) is 22.3 Å². The number of nitrogens with one attached hydrogen (secondary N) is 2. The van der Waals surface area contributed by atoms with Gasteiger partial charge in [0.15, 0.2) is 5.82 Å². The van der Waals surface area contributed by atoms with Crippen LogP contribution < -0.4 is 5.32 Å². The zero-order chi connectivity index (χ0) is 12.3. The van der Waals surface area contributed by atoms with Gasteiger partial charge in [-0.3, -0.25) is 5.10 Å². The van der Waals surface area contributed by atoms with Crippen molar-refractivity contribution in [2.45, 2.75) is 6.54 Å². The quantitative estimate of drug-likeness (QED) is 0.910. The summed E-state index contributed by atoms with van der Waals surface area (Å²) >= 11 is 3.04. The van der Waals surface area contributed by atoms with Crippen molar-refractivity contribution in [1.82, 2.24) is 15.2 Å². The van der Waals surface area contributed by atoms with E-state index in [4.69, 9.17) is 5.26 Å². The van der Waals surface area contributed by atoms with Crippen molar-refractivity contribution in [2.75, 3.05) is 5.32 Å². The first-order valence-electron chi connectivity index (χ1n) is 4.68. The highest BCUT2D eigenvalue weighted by molar-refractivity contribution is 9.10. The zero-order valence-corrected chi connectivity index (χ0v) is 10.1. The normalized spacial score (nSPS) is 9.94. The Kier molecular flexibility index (Phi) is 3.35. The predicted octanol–water partition coefficient (Wildman–Crippen LogP) is 2.19. The van der Waals surface area contributed by atoms with E-state index in [9.17, 15) is 4.39 Å². The van der Waals surface area contributed by atoms with Gasteiger partial charge < -0.3 is 5.32 Å². The summed E-state index contributed by atoms with van der Waals surface area (Å²) in [5.74, 6) is 0.105. The summed E-state index contributed by atoms with van der Waals surface area (Å²) in [6, 6.07) is 4.94. The molecule has 86 valence electrons. The van der Waals surface area contributed by atoms with E-state index in [1.807, 2.05) is 6.07 Å². The molecular weight excluding hydrogens is 289 g/mol. The van der Waals surface area contributed by atoms with Crippen molar-refractivity contribution < 1.29 is 4.39 Å². The summed E-state index contributed by atoms with van der Waals surface area (Å²) in [5.41, 5.74) is 0.556. The van der Waals surface area contributed by atoms with Gasteiger partial charge in [0.25, 0.3) is 0 Å². The first kappa shape index (κ1) is 11.5. The van der Waals surface area contributed by atoms with Crippen molar-refractivity contribution in [3.05, 3.63) is 40.1 Å². The fourth-order valence-electron chi connectivity index (χ4n) is 1.27. The molecule has 2 N–H and O–H groups in total. The first-order valence-corrected chi connectivity index (χ1v) is 5.48. The lowest BCUT2D eigenvalue weighted by Gasteiger charge is -2.07. The fraction of sp³-hybridized carbons (Fsp3) is 0.100. The SMILES string of the molecule is N#Cc1ccc(NCc2ncn[nH]2)c(F)c1Br. The second-order valence-corrected chi connectivity index (χ2v) is 3.98. The van der Waals surface area contributed by atoms with Crippen LogP contribution in [0.25, 0.3) is 0 Å². The molecule has 2 aromatic rings. The van der Waals surface area contributed by atoms with Crippen molar-refractivity contribution in [3.8, 4) is 6.07 Å². The molecule has 1 aromatic carbocycles. The van der Waals surface area contributed by atoms with Crippen LogP contribution in [0.1, 0.15) is 11.4 Å². The number of nitrogens with zero attached hydrogens (tertiary/aromatic N) is 3. The smallest absolute Gasteiger partial charge is 0.161 e. The van der Waals surface area contributed by atoms with Gasteiger partial charge in [0, 0.05) is 0 Å². The highest BCUT2D eigenvalue weighted by atomic mass is 79.9. The molecule has 0 spiro atoms. The lowest BCUT2D eigenvalue weighted by Crippen LogP contribution is -2.04. The van der Waals surface area contributed by atoms with Crippen molar-refractivity contribution in [2.24, 2.45) is 0 Å². The lowest BCUT2D eigenvalue weighted by atomic mass is 10.2. The van der Waals surface area contributed by atoms with Gasteiger partial charge in [-0.1, -0.05) is 0 Å². The summed E-state index contributed by atoms with van der Waals surface area (Å²) < 4.78 is 13.9. The molecule has 0 saturated heterocycles. The summed E-state index contributed by atoms with van der Waals surface area (Å²) in [4.78, 5) is 3.90. The van der Waals surface area contributed by atoms with Gasteiger partial charge >= 0.3 is 0 Å². The molecule has 1 heterocycles. The molecule has 0 amide bonds. The van der Waals surface area contributed by atoms with E-state index < -0.39 is 5.82 Å². The predicted molar refractivity (Wildman–Crippen MR) is 62.5 cm³/mol. The van der Waals surface area contributed by atoms with Crippen LogP contribution in [0.4, 0.5) is 10.1 Å². The van der Waals surface area contributed by atoms with E-state index in [1.54, 1.807) is 0 Å². The van der Waals surface area contributed by atoms with Gasteiger partial charge in [-0.05, 0) is 28.1 Å². The largest absolute Gasteiger partial charge is 0.375 e. The molecule has 1 aromatic heterocycles. The number of rotatable bonds is 3. The lowest BCUT2D eigenvalue weighted by molar-refractivity contribution is 0.622. The summed E-state index contributed by atoms with van der Waals surface area (Å²) in [5, 5.41) is 17.9. The standard InChI is InChI=1S/C10H7BrFN5/c11-9-6(3-13)1-2-7(10(9)12)14-4-8-15-5-16-17-8/h1-2,5,14H,4H2,(H,15,16,17). The van der Waals surface area contributed by atoms with Gasteiger partial charge in [-0.2, -0.15) is 10.4 Å². The Morgan fingerprint density at radius 2 is 2.35 bits per heavy atom. The number of H-pyrrole nitrogens is 1. The maximum atomic E-state index is 13.8. The second-order valence-electron chi connectivity index (χ2n) is 3.19. The van der Waals surface area contributed by atoms with Crippen LogP contribution >= 0.6 is 15.9 Å². The topological polar surface area (TPSA) is 77.4 Å². The Bertz CT molecular complexity index is 561. The Labute approximate surface area is 105 Å². The van der Waals surface area contributed by atoms with Crippen LogP contribution in [0.2, 0.25) is 0 Å². The van der Waals surface area contributed by atoms with Crippen LogP contribution in [0.15, 0.2) is 22.9 Å². The molecule has 0 aliphatic rings. The van der Waals surface area contributed by atoms with Gasteiger partial charge in [-0.15, -0.1) is 0 Å². The van der Waals surface area contributed by atoms with Crippen LogP contribution in [-0.4, -0.2) is 15.2 Å². The van der Waals surface area contributed by atoms with Crippen molar-refractivity contribution >= 4 is 21.6 Å². The van der Waals surface area contributed by atoms with E-state index in [2.05, 4.69) is 36.4 Å².